The number of nitrogens with one attached hydrogen (secondary N) is 1. The van der Waals surface area contributed by atoms with E-state index in [9.17, 15) is 4.79 Å². The molecule has 1 aromatic heterocycles. The molecule has 2 aromatic rings. The Bertz CT molecular complexity index is 681. The minimum atomic E-state index is 0.0220. The van der Waals surface area contributed by atoms with Gasteiger partial charge in [0, 0.05) is 23.2 Å². The average molecular weight is 381 g/mol. The Hall–Kier alpha value is -1.73. The molecule has 1 heterocycles. The zero-order valence-electron chi connectivity index (χ0n) is 15.0. The van der Waals surface area contributed by atoms with Crippen LogP contribution in [0.25, 0.3) is 0 Å². The number of carbonyl (C=O) groups is 1. The number of benzene rings is 1. The van der Waals surface area contributed by atoms with Gasteiger partial charge in [-0.25, -0.2) is 4.98 Å². The predicted octanol–water partition coefficient (Wildman–Crippen LogP) is 3.91. The lowest BCUT2D eigenvalue weighted by Crippen LogP contribution is -2.33. The predicted molar refractivity (Wildman–Crippen MR) is 103 cm³/mol. The number of hydrogen-bond acceptors (Lipinski definition) is 6. The molecule has 0 spiro atoms. The van der Waals surface area contributed by atoms with Crippen LogP contribution in [-0.2, 0) is 17.0 Å². The minimum Gasteiger partial charge on any atom is -0.497 e. The van der Waals surface area contributed by atoms with Crippen molar-refractivity contribution in [1.29, 1.82) is 0 Å². The number of thiazole rings is 1. The Morgan fingerprint density at radius 1 is 1.28 bits per heavy atom. The van der Waals surface area contributed by atoms with Gasteiger partial charge in [0.15, 0.2) is 0 Å². The third-order valence-electron chi connectivity index (χ3n) is 3.67. The zero-order valence-corrected chi connectivity index (χ0v) is 16.6. The van der Waals surface area contributed by atoms with E-state index in [0.29, 0.717) is 6.42 Å². The van der Waals surface area contributed by atoms with Crippen molar-refractivity contribution in [2.24, 2.45) is 0 Å². The van der Waals surface area contributed by atoms with Crippen LogP contribution >= 0.6 is 23.1 Å². The summed E-state index contributed by atoms with van der Waals surface area (Å²) in [5.74, 6) is 2.33. The van der Waals surface area contributed by atoms with Crippen molar-refractivity contribution >= 4 is 29.0 Å². The molecule has 0 aliphatic carbocycles. The molecule has 0 aliphatic heterocycles. The van der Waals surface area contributed by atoms with Crippen molar-refractivity contribution in [3.63, 3.8) is 0 Å². The lowest BCUT2D eigenvalue weighted by atomic mass is 10.2. The van der Waals surface area contributed by atoms with E-state index in [2.05, 4.69) is 17.2 Å². The van der Waals surface area contributed by atoms with Crippen LogP contribution in [0.4, 0.5) is 0 Å². The first-order valence-corrected chi connectivity index (χ1v) is 9.99. The van der Waals surface area contributed by atoms with Gasteiger partial charge in [0.25, 0.3) is 0 Å². The summed E-state index contributed by atoms with van der Waals surface area (Å²) in [5.41, 5.74) is 1.92. The van der Waals surface area contributed by atoms with Gasteiger partial charge in [-0.1, -0.05) is 18.7 Å². The molecule has 0 fully saturated rings. The van der Waals surface area contributed by atoms with Crippen LogP contribution in [0.2, 0.25) is 0 Å². The third-order valence-corrected chi connectivity index (χ3v) is 5.81. The van der Waals surface area contributed by atoms with Gasteiger partial charge in [-0.2, -0.15) is 0 Å². The molecule has 1 unspecified atom stereocenters. The lowest BCUT2D eigenvalue weighted by Gasteiger charge is -2.10. The molecule has 5 nitrogen and oxygen atoms in total. The maximum absolute atomic E-state index is 11.9. The maximum atomic E-state index is 11.9. The number of amides is 1. The largest absolute Gasteiger partial charge is 0.497 e. The van der Waals surface area contributed by atoms with Crippen LogP contribution in [0.3, 0.4) is 0 Å². The number of hydrogen-bond donors (Lipinski definition) is 1. The molecule has 136 valence electrons. The topological polar surface area (TPSA) is 60.5 Å². The number of thioether (sulfide) groups is 1. The standard InChI is InChI=1S/C18H24N2O3S2/c1-5-12(2)19-17(21)8-14-11-25-18(20-14)24-10-13-6-15(22-3)9-16(7-13)23-4/h6-7,9,11-12H,5,8,10H2,1-4H3,(H,19,21). The highest BCUT2D eigenvalue weighted by atomic mass is 32.2. The molecule has 0 aliphatic rings. The van der Waals surface area contributed by atoms with E-state index < -0.39 is 0 Å². The minimum absolute atomic E-state index is 0.0220. The lowest BCUT2D eigenvalue weighted by molar-refractivity contribution is -0.121. The molecule has 2 rings (SSSR count). The second-order valence-electron chi connectivity index (χ2n) is 5.67. The monoisotopic (exact) mass is 380 g/mol. The van der Waals surface area contributed by atoms with E-state index in [-0.39, 0.29) is 11.9 Å². The number of methoxy groups -OCH3 is 2. The van der Waals surface area contributed by atoms with E-state index >= 15 is 0 Å². The molecule has 0 bridgehead atoms. The summed E-state index contributed by atoms with van der Waals surface area (Å²) in [7, 11) is 3.28. The Balaban J connectivity index is 1.92. The fourth-order valence-electron chi connectivity index (χ4n) is 2.12. The maximum Gasteiger partial charge on any atom is 0.226 e. The highest BCUT2D eigenvalue weighted by Gasteiger charge is 2.10. The van der Waals surface area contributed by atoms with Crippen LogP contribution in [0, 0.1) is 0 Å². The van der Waals surface area contributed by atoms with Gasteiger partial charge >= 0.3 is 0 Å². The number of ether oxygens (including phenoxy) is 2. The quantitative estimate of drug-likeness (QED) is 0.668. The van der Waals surface area contributed by atoms with Crippen LogP contribution in [0.15, 0.2) is 27.9 Å². The average Bonchev–Trinajstić information content (AvgIpc) is 3.06. The molecular weight excluding hydrogens is 356 g/mol. The Labute approximate surface area is 157 Å². The van der Waals surface area contributed by atoms with Gasteiger partial charge in [-0.15, -0.1) is 11.3 Å². The molecule has 1 atom stereocenters. The highest BCUT2D eigenvalue weighted by Crippen LogP contribution is 2.30. The third kappa shape index (κ3) is 6.25. The number of carbonyl (C=O) groups excluding carboxylic acids is 1. The first kappa shape index (κ1) is 19.6. The molecule has 1 aromatic carbocycles. The Morgan fingerprint density at radius 2 is 1.96 bits per heavy atom. The van der Waals surface area contributed by atoms with Gasteiger partial charge in [-0.3, -0.25) is 4.79 Å². The van der Waals surface area contributed by atoms with Gasteiger partial charge in [0.2, 0.25) is 5.91 Å². The number of aromatic nitrogens is 1. The first-order valence-electron chi connectivity index (χ1n) is 8.12. The second kappa shape index (κ2) is 9.68. The van der Waals surface area contributed by atoms with Gasteiger partial charge < -0.3 is 14.8 Å². The smallest absolute Gasteiger partial charge is 0.226 e. The summed E-state index contributed by atoms with van der Waals surface area (Å²) in [6.45, 7) is 4.05. The summed E-state index contributed by atoms with van der Waals surface area (Å²) in [5, 5.41) is 4.91. The van der Waals surface area contributed by atoms with Crippen LogP contribution < -0.4 is 14.8 Å². The fourth-order valence-corrected chi connectivity index (χ4v) is 3.90. The number of rotatable bonds is 9. The summed E-state index contributed by atoms with van der Waals surface area (Å²) in [4.78, 5) is 16.5. The molecule has 7 heteroatoms. The van der Waals surface area contributed by atoms with Crippen molar-refractivity contribution in [2.75, 3.05) is 14.2 Å². The Kier molecular flexibility index (Phi) is 7.58. The van der Waals surface area contributed by atoms with E-state index in [4.69, 9.17) is 9.47 Å². The summed E-state index contributed by atoms with van der Waals surface area (Å²) in [6.07, 6.45) is 1.25. The molecule has 0 saturated heterocycles. The molecule has 25 heavy (non-hydrogen) atoms. The molecule has 0 saturated carbocycles. The summed E-state index contributed by atoms with van der Waals surface area (Å²) < 4.78 is 11.5. The summed E-state index contributed by atoms with van der Waals surface area (Å²) >= 11 is 3.21. The zero-order chi connectivity index (χ0) is 18.2. The normalized spacial score (nSPS) is 11.8. The van der Waals surface area contributed by atoms with E-state index in [1.54, 1.807) is 37.3 Å². The highest BCUT2D eigenvalue weighted by molar-refractivity contribution is 8.00. The van der Waals surface area contributed by atoms with Gasteiger partial charge in [0.05, 0.1) is 26.3 Å². The molecule has 1 amide bonds. The SMILES string of the molecule is CCC(C)NC(=O)Cc1csc(SCc2cc(OC)cc(OC)c2)n1. The second-order valence-corrected chi connectivity index (χ2v) is 7.75. The molecule has 1 N–H and O–H groups in total. The van der Waals surface area contributed by atoms with Crippen molar-refractivity contribution < 1.29 is 14.3 Å². The number of nitrogens with zero attached hydrogens (tertiary/aromatic N) is 1. The van der Waals surface area contributed by atoms with Crippen molar-refractivity contribution in [3.05, 3.63) is 34.8 Å². The van der Waals surface area contributed by atoms with Crippen LogP contribution in [0.5, 0.6) is 11.5 Å². The van der Waals surface area contributed by atoms with E-state index in [1.807, 2.05) is 30.5 Å². The van der Waals surface area contributed by atoms with Crippen molar-refractivity contribution in [2.45, 2.75) is 42.8 Å². The summed E-state index contributed by atoms with van der Waals surface area (Å²) in [6, 6.07) is 6.03. The van der Waals surface area contributed by atoms with Crippen molar-refractivity contribution in [1.82, 2.24) is 10.3 Å². The van der Waals surface area contributed by atoms with Crippen molar-refractivity contribution in [3.8, 4) is 11.5 Å². The van der Waals surface area contributed by atoms with Gasteiger partial charge in [-0.05, 0) is 31.0 Å². The Morgan fingerprint density at radius 3 is 2.56 bits per heavy atom. The van der Waals surface area contributed by atoms with Crippen LogP contribution in [0.1, 0.15) is 31.5 Å². The first-order chi connectivity index (χ1) is 12.0. The van der Waals surface area contributed by atoms with E-state index in [0.717, 1.165) is 39.3 Å². The fraction of sp³-hybridized carbons (Fsp3) is 0.444. The van der Waals surface area contributed by atoms with E-state index in [1.165, 1.54) is 0 Å². The van der Waals surface area contributed by atoms with Gasteiger partial charge in [0.1, 0.15) is 15.8 Å². The van der Waals surface area contributed by atoms with Crippen LogP contribution in [-0.4, -0.2) is 31.2 Å². The molecular formula is C18H24N2O3S2. The molecule has 0 radical (unpaired) electrons.